The van der Waals surface area contributed by atoms with E-state index in [9.17, 15) is 0 Å². The Kier molecular flexibility index (Phi) is 6.04. The maximum absolute atomic E-state index is 5.64. The van der Waals surface area contributed by atoms with Gasteiger partial charge in [0.1, 0.15) is 12.0 Å². The number of hydrogen-bond acceptors (Lipinski definition) is 5. The first-order valence-corrected chi connectivity index (χ1v) is 9.86. The topological polar surface area (TPSA) is 53.1 Å². The second kappa shape index (κ2) is 8.45. The van der Waals surface area contributed by atoms with Crippen LogP contribution in [-0.2, 0) is 12.3 Å². The summed E-state index contributed by atoms with van der Waals surface area (Å²) in [7, 11) is 1.66. The number of nitrogens with zero attached hydrogens (tertiary/aromatic N) is 3. The van der Waals surface area contributed by atoms with Crippen molar-refractivity contribution < 1.29 is 9.15 Å². The highest BCUT2D eigenvalue weighted by molar-refractivity contribution is 7.98. The summed E-state index contributed by atoms with van der Waals surface area (Å²) in [4.78, 5) is 9.32. The Morgan fingerprint density at radius 2 is 1.92 bits per heavy atom. The van der Waals surface area contributed by atoms with Crippen LogP contribution in [-0.4, -0.2) is 21.6 Å². The molecule has 2 aromatic heterocycles. The molecule has 0 aliphatic carbocycles. The Morgan fingerprint density at radius 1 is 1.15 bits per heavy atom. The molecule has 5 nitrogen and oxygen atoms in total. The highest BCUT2D eigenvalue weighted by atomic mass is 32.2. The van der Waals surface area contributed by atoms with Crippen molar-refractivity contribution in [2.24, 2.45) is 0 Å². The normalized spacial score (nSPS) is 11.1. The summed E-state index contributed by atoms with van der Waals surface area (Å²) < 4.78 is 13.1. The van der Waals surface area contributed by atoms with E-state index in [-0.39, 0.29) is 0 Å². The molecule has 0 atom stereocenters. The fourth-order valence-corrected chi connectivity index (χ4v) is 3.69. The van der Waals surface area contributed by atoms with Gasteiger partial charge >= 0.3 is 0 Å². The lowest BCUT2D eigenvalue weighted by molar-refractivity contribution is 0.415. The van der Waals surface area contributed by atoms with E-state index >= 15 is 0 Å². The van der Waals surface area contributed by atoms with Crippen LogP contribution in [0.2, 0.25) is 0 Å². The maximum Gasteiger partial charge on any atom is 0.226 e. The van der Waals surface area contributed by atoms with Gasteiger partial charge in [-0.15, -0.1) is 0 Å². The SMILES string of the molecule is CCCCn1c(SCc2coc(-c3ccc(OC)cc3)n2)nc(C)c1C. The van der Waals surface area contributed by atoms with E-state index in [2.05, 4.69) is 30.3 Å². The minimum Gasteiger partial charge on any atom is -0.497 e. The van der Waals surface area contributed by atoms with E-state index in [1.165, 1.54) is 12.1 Å². The van der Waals surface area contributed by atoms with Gasteiger partial charge in [-0.05, 0) is 44.5 Å². The Labute approximate surface area is 158 Å². The van der Waals surface area contributed by atoms with Crippen LogP contribution < -0.4 is 4.74 Å². The minimum atomic E-state index is 0.630. The Hall–Kier alpha value is -2.21. The number of aryl methyl sites for hydroxylation is 1. The molecule has 0 spiro atoms. The third-order valence-electron chi connectivity index (χ3n) is 4.40. The quantitative estimate of drug-likeness (QED) is 0.506. The van der Waals surface area contributed by atoms with E-state index < -0.39 is 0 Å². The molecule has 0 unspecified atom stereocenters. The van der Waals surface area contributed by atoms with Gasteiger partial charge < -0.3 is 13.7 Å². The number of benzene rings is 1. The van der Waals surface area contributed by atoms with Crippen LogP contribution in [0.4, 0.5) is 0 Å². The molecule has 2 heterocycles. The predicted octanol–water partition coefficient (Wildman–Crippen LogP) is 5.26. The standard InChI is InChI=1S/C20H25N3O2S/c1-5-6-11-23-15(3)14(2)21-20(23)26-13-17-12-25-19(22-17)16-7-9-18(24-4)10-8-16/h7-10,12H,5-6,11,13H2,1-4H3. The third-order valence-corrected chi connectivity index (χ3v) is 5.41. The van der Waals surface area contributed by atoms with E-state index in [4.69, 9.17) is 14.1 Å². The van der Waals surface area contributed by atoms with Crippen molar-refractivity contribution in [1.29, 1.82) is 0 Å². The van der Waals surface area contributed by atoms with Crippen LogP contribution in [0.25, 0.3) is 11.5 Å². The van der Waals surface area contributed by atoms with Crippen molar-refractivity contribution in [3.63, 3.8) is 0 Å². The van der Waals surface area contributed by atoms with Gasteiger partial charge in [0, 0.05) is 23.6 Å². The summed E-state index contributed by atoms with van der Waals surface area (Å²) in [6.45, 7) is 7.43. The molecule has 0 amide bonds. The molecule has 0 bridgehead atoms. The predicted molar refractivity (Wildman–Crippen MR) is 105 cm³/mol. The first-order chi connectivity index (χ1) is 12.6. The number of rotatable bonds is 8. The molecule has 1 aromatic carbocycles. The number of aromatic nitrogens is 3. The number of unbranched alkanes of at least 4 members (excludes halogenated alkanes) is 1. The molecular formula is C20H25N3O2S. The molecule has 0 N–H and O–H groups in total. The van der Waals surface area contributed by atoms with Gasteiger partial charge in [0.2, 0.25) is 5.89 Å². The molecule has 0 radical (unpaired) electrons. The molecule has 3 rings (SSSR count). The van der Waals surface area contributed by atoms with Crippen LogP contribution in [0, 0.1) is 13.8 Å². The van der Waals surface area contributed by atoms with Crippen LogP contribution in [0.15, 0.2) is 40.1 Å². The zero-order valence-electron chi connectivity index (χ0n) is 15.8. The van der Waals surface area contributed by atoms with Crippen molar-refractivity contribution in [1.82, 2.24) is 14.5 Å². The maximum atomic E-state index is 5.64. The molecule has 26 heavy (non-hydrogen) atoms. The van der Waals surface area contributed by atoms with E-state index in [1.807, 2.05) is 24.3 Å². The first-order valence-electron chi connectivity index (χ1n) is 8.87. The summed E-state index contributed by atoms with van der Waals surface area (Å²) in [6, 6.07) is 7.71. The van der Waals surface area contributed by atoms with Crippen molar-refractivity contribution >= 4 is 11.8 Å². The summed E-state index contributed by atoms with van der Waals surface area (Å²) >= 11 is 1.71. The van der Waals surface area contributed by atoms with Gasteiger partial charge in [0.15, 0.2) is 5.16 Å². The smallest absolute Gasteiger partial charge is 0.226 e. The fourth-order valence-electron chi connectivity index (χ4n) is 2.69. The fraction of sp³-hybridized carbons (Fsp3) is 0.400. The van der Waals surface area contributed by atoms with E-state index in [1.54, 1.807) is 25.1 Å². The summed E-state index contributed by atoms with van der Waals surface area (Å²) in [5.41, 5.74) is 4.21. The van der Waals surface area contributed by atoms with Gasteiger partial charge in [0.25, 0.3) is 0 Å². The summed E-state index contributed by atoms with van der Waals surface area (Å²) in [5, 5.41) is 1.06. The molecule has 138 valence electrons. The molecule has 0 saturated heterocycles. The Bertz CT molecular complexity index is 853. The van der Waals surface area contributed by atoms with Crippen LogP contribution in [0.5, 0.6) is 5.75 Å². The van der Waals surface area contributed by atoms with Crippen LogP contribution >= 0.6 is 11.8 Å². The van der Waals surface area contributed by atoms with Gasteiger partial charge in [-0.1, -0.05) is 25.1 Å². The number of oxazole rings is 1. The van der Waals surface area contributed by atoms with Crippen molar-refractivity contribution in [3.05, 3.63) is 47.6 Å². The lowest BCUT2D eigenvalue weighted by Gasteiger charge is -2.08. The summed E-state index contributed by atoms with van der Waals surface area (Å²) in [6.07, 6.45) is 4.07. The van der Waals surface area contributed by atoms with E-state index in [0.717, 1.165) is 46.6 Å². The zero-order chi connectivity index (χ0) is 18.5. The van der Waals surface area contributed by atoms with Gasteiger partial charge in [-0.3, -0.25) is 0 Å². The van der Waals surface area contributed by atoms with Gasteiger partial charge in [-0.2, -0.15) is 0 Å². The second-order valence-corrected chi connectivity index (χ2v) is 7.17. The third kappa shape index (κ3) is 4.12. The minimum absolute atomic E-state index is 0.630. The van der Waals surface area contributed by atoms with Crippen molar-refractivity contribution in [2.75, 3.05) is 7.11 Å². The zero-order valence-corrected chi connectivity index (χ0v) is 16.6. The number of thioether (sulfide) groups is 1. The molecule has 0 fully saturated rings. The number of imidazole rings is 1. The largest absolute Gasteiger partial charge is 0.497 e. The summed E-state index contributed by atoms with van der Waals surface area (Å²) in [5.74, 6) is 2.19. The van der Waals surface area contributed by atoms with Crippen molar-refractivity contribution in [2.45, 2.75) is 51.1 Å². The number of methoxy groups -OCH3 is 1. The lowest BCUT2D eigenvalue weighted by Crippen LogP contribution is -2.02. The highest BCUT2D eigenvalue weighted by Crippen LogP contribution is 2.27. The average molecular weight is 372 g/mol. The average Bonchev–Trinajstić information content (AvgIpc) is 3.24. The van der Waals surface area contributed by atoms with Crippen molar-refractivity contribution in [3.8, 4) is 17.2 Å². The molecule has 6 heteroatoms. The van der Waals surface area contributed by atoms with E-state index in [0.29, 0.717) is 5.89 Å². The molecule has 0 aliphatic heterocycles. The second-order valence-electron chi connectivity index (χ2n) is 6.23. The molecular weight excluding hydrogens is 346 g/mol. The van der Waals surface area contributed by atoms with Crippen LogP contribution in [0.1, 0.15) is 36.8 Å². The number of hydrogen-bond donors (Lipinski definition) is 0. The van der Waals surface area contributed by atoms with Gasteiger partial charge in [0.05, 0.1) is 18.5 Å². The molecule has 3 aromatic rings. The highest BCUT2D eigenvalue weighted by Gasteiger charge is 2.13. The Balaban J connectivity index is 1.69. The first kappa shape index (κ1) is 18.6. The Morgan fingerprint density at radius 3 is 2.62 bits per heavy atom. The van der Waals surface area contributed by atoms with Crippen LogP contribution in [0.3, 0.4) is 0 Å². The monoisotopic (exact) mass is 371 g/mol. The number of ether oxygens (including phenoxy) is 1. The molecule has 0 saturated carbocycles. The van der Waals surface area contributed by atoms with Gasteiger partial charge in [-0.25, -0.2) is 9.97 Å². The lowest BCUT2D eigenvalue weighted by atomic mass is 10.2. The molecule has 0 aliphatic rings.